The van der Waals surface area contributed by atoms with Crippen LogP contribution >= 0.6 is 11.6 Å². The number of amides is 2. The largest absolute Gasteiger partial charge is 0.469 e. The Morgan fingerprint density at radius 2 is 2.03 bits per heavy atom. The number of hydrogen-bond donors (Lipinski definition) is 3. The molecule has 1 atom stereocenters. The SMILES string of the molecule is C=C1C=CN=C(NCCCCCC(=O)NCC(=O)NC(CC(=O)OC)c2ccc(Cl)c([N+](=O)[O-])c2)C1. The van der Waals surface area contributed by atoms with Crippen LogP contribution in [0, 0.1) is 10.1 Å². The number of allylic oxidation sites excluding steroid dienone is 1. The maximum Gasteiger partial charge on any atom is 0.307 e. The molecule has 36 heavy (non-hydrogen) atoms. The highest BCUT2D eigenvalue weighted by atomic mass is 35.5. The molecule has 0 aromatic heterocycles. The Hall–Kier alpha value is -3.73. The number of benzene rings is 1. The highest BCUT2D eigenvalue weighted by molar-refractivity contribution is 6.32. The number of nitrogens with one attached hydrogen (secondary N) is 3. The monoisotopic (exact) mass is 519 g/mol. The van der Waals surface area contributed by atoms with Gasteiger partial charge in [-0.25, -0.2) is 4.99 Å². The van der Waals surface area contributed by atoms with Crippen molar-refractivity contribution in [2.45, 2.75) is 44.6 Å². The number of unbranched alkanes of at least 4 members (excludes halogenated alkanes) is 2. The summed E-state index contributed by atoms with van der Waals surface area (Å²) in [7, 11) is 1.19. The highest BCUT2D eigenvalue weighted by Gasteiger charge is 2.23. The zero-order valence-corrected chi connectivity index (χ0v) is 20.8. The van der Waals surface area contributed by atoms with Gasteiger partial charge in [0.25, 0.3) is 5.69 Å². The molecule has 0 saturated carbocycles. The zero-order valence-electron chi connectivity index (χ0n) is 20.0. The topological polar surface area (TPSA) is 152 Å². The number of carbonyl (C=O) groups excluding carboxylic acids is 3. The summed E-state index contributed by atoms with van der Waals surface area (Å²) < 4.78 is 4.66. The number of nitro groups is 1. The molecule has 1 aliphatic rings. The molecule has 1 heterocycles. The molecule has 0 bridgehead atoms. The lowest BCUT2D eigenvalue weighted by atomic mass is 10.0. The van der Waals surface area contributed by atoms with Gasteiger partial charge < -0.3 is 20.7 Å². The van der Waals surface area contributed by atoms with Crippen molar-refractivity contribution >= 4 is 40.9 Å². The number of esters is 1. The second-order valence-corrected chi connectivity index (χ2v) is 8.52. The molecule has 2 rings (SSSR count). The van der Waals surface area contributed by atoms with Crippen LogP contribution in [0.15, 0.2) is 47.6 Å². The minimum atomic E-state index is -0.897. The molecule has 0 aliphatic carbocycles. The molecular formula is C24H30ClN5O6. The number of nitrogens with zero attached hydrogens (tertiary/aromatic N) is 2. The van der Waals surface area contributed by atoms with E-state index in [1.165, 1.54) is 25.3 Å². The van der Waals surface area contributed by atoms with E-state index in [-0.39, 0.29) is 36.0 Å². The third-order valence-corrected chi connectivity index (χ3v) is 5.61. The minimum absolute atomic E-state index is 0.0688. The molecule has 0 saturated heterocycles. The average molecular weight is 520 g/mol. The Kier molecular flexibility index (Phi) is 11.6. The molecule has 1 unspecified atom stereocenters. The number of amidine groups is 1. The van der Waals surface area contributed by atoms with Crippen LogP contribution in [0.5, 0.6) is 0 Å². The first-order valence-corrected chi connectivity index (χ1v) is 11.8. The summed E-state index contributed by atoms with van der Waals surface area (Å²) in [5.74, 6) is -0.566. The Labute approximate surface area is 214 Å². The number of hydrogen-bond acceptors (Lipinski definition) is 8. The van der Waals surface area contributed by atoms with E-state index in [9.17, 15) is 24.5 Å². The zero-order chi connectivity index (χ0) is 26.5. The molecule has 12 heteroatoms. The number of ether oxygens (including phenoxy) is 1. The van der Waals surface area contributed by atoms with Crippen molar-refractivity contribution < 1.29 is 24.0 Å². The van der Waals surface area contributed by atoms with Crippen molar-refractivity contribution in [2.75, 3.05) is 20.2 Å². The van der Waals surface area contributed by atoms with Gasteiger partial charge in [0.05, 0.1) is 31.0 Å². The second-order valence-electron chi connectivity index (χ2n) is 8.11. The van der Waals surface area contributed by atoms with Crippen LogP contribution in [-0.4, -0.2) is 48.7 Å². The summed E-state index contributed by atoms with van der Waals surface area (Å²) in [5, 5.41) is 19.5. The summed E-state index contributed by atoms with van der Waals surface area (Å²) in [6.45, 7) is 4.35. The van der Waals surface area contributed by atoms with Gasteiger partial charge >= 0.3 is 5.97 Å². The lowest BCUT2D eigenvalue weighted by Crippen LogP contribution is -2.39. The van der Waals surface area contributed by atoms with Crippen LogP contribution < -0.4 is 16.0 Å². The van der Waals surface area contributed by atoms with Gasteiger partial charge in [0.2, 0.25) is 11.8 Å². The molecule has 3 N–H and O–H groups in total. The molecular weight excluding hydrogens is 490 g/mol. The molecule has 0 spiro atoms. The Morgan fingerprint density at radius 3 is 2.72 bits per heavy atom. The predicted octanol–water partition coefficient (Wildman–Crippen LogP) is 3.11. The first-order chi connectivity index (χ1) is 17.2. The van der Waals surface area contributed by atoms with E-state index < -0.39 is 22.8 Å². The lowest BCUT2D eigenvalue weighted by Gasteiger charge is -2.18. The predicted molar refractivity (Wildman–Crippen MR) is 135 cm³/mol. The molecule has 2 amide bonds. The van der Waals surface area contributed by atoms with E-state index >= 15 is 0 Å². The fourth-order valence-electron chi connectivity index (χ4n) is 3.38. The lowest BCUT2D eigenvalue weighted by molar-refractivity contribution is -0.384. The van der Waals surface area contributed by atoms with Gasteiger partial charge in [-0.05, 0) is 36.1 Å². The third kappa shape index (κ3) is 9.87. The average Bonchev–Trinajstić information content (AvgIpc) is 2.84. The molecule has 0 radical (unpaired) electrons. The standard InChI is InChI=1S/C24H30ClN5O6/c1-16-9-11-27-21(12-16)26-10-5-3-4-6-22(31)28-15-23(32)29-19(14-24(33)36-2)17-7-8-18(25)20(13-17)30(34)35/h7-9,11,13,19H,1,3-6,10,12,14-15H2,2H3,(H,26,27)(H,28,31)(H,29,32). The Morgan fingerprint density at radius 1 is 1.25 bits per heavy atom. The van der Waals surface area contributed by atoms with E-state index in [4.69, 9.17) is 11.6 Å². The van der Waals surface area contributed by atoms with E-state index in [0.717, 1.165) is 30.8 Å². The van der Waals surface area contributed by atoms with E-state index in [0.29, 0.717) is 18.4 Å². The van der Waals surface area contributed by atoms with Crippen molar-refractivity contribution in [2.24, 2.45) is 4.99 Å². The number of carbonyl (C=O) groups is 3. The van der Waals surface area contributed by atoms with Gasteiger partial charge in [-0.1, -0.05) is 30.7 Å². The molecule has 11 nitrogen and oxygen atoms in total. The van der Waals surface area contributed by atoms with Gasteiger partial charge in [0.15, 0.2) is 0 Å². The molecule has 0 fully saturated rings. The fourth-order valence-corrected chi connectivity index (χ4v) is 3.57. The molecule has 194 valence electrons. The number of rotatable bonds is 13. The first kappa shape index (κ1) is 28.5. The quantitative estimate of drug-likeness (QED) is 0.157. The summed E-state index contributed by atoms with van der Waals surface area (Å²) in [6.07, 6.45) is 6.66. The molecule has 1 aromatic rings. The van der Waals surface area contributed by atoms with Gasteiger partial charge in [0.1, 0.15) is 10.9 Å². The van der Waals surface area contributed by atoms with Gasteiger partial charge in [-0.2, -0.15) is 0 Å². The van der Waals surface area contributed by atoms with E-state index in [2.05, 4.69) is 32.3 Å². The number of nitro benzene ring substituents is 1. The van der Waals surface area contributed by atoms with Crippen molar-refractivity contribution in [1.29, 1.82) is 0 Å². The summed E-state index contributed by atoms with van der Waals surface area (Å²) in [4.78, 5) is 51.1. The van der Waals surface area contributed by atoms with Crippen LogP contribution in [0.2, 0.25) is 5.02 Å². The Bertz CT molecular complexity index is 1060. The van der Waals surface area contributed by atoms with E-state index in [1.54, 1.807) is 6.20 Å². The van der Waals surface area contributed by atoms with Crippen LogP contribution in [0.3, 0.4) is 0 Å². The number of halogens is 1. The van der Waals surface area contributed by atoms with Crippen LogP contribution in [0.1, 0.15) is 50.1 Å². The van der Waals surface area contributed by atoms with Crippen LogP contribution in [0.4, 0.5) is 5.69 Å². The number of aliphatic imine (C=N–C) groups is 1. The fraction of sp³-hybridized carbons (Fsp3) is 0.417. The number of methoxy groups -OCH3 is 1. The van der Waals surface area contributed by atoms with E-state index in [1.807, 2.05) is 6.08 Å². The smallest absolute Gasteiger partial charge is 0.307 e. The summed E-state index contributed by atoms with van der Waals surface area (Å²) >= 11 is 5.85. The first-order valence-electron chi connectivity index (χ1n) is 11.4. The van der Waals surface area contributed by atoms with Gasteiger partial charge in [-0.15, -0.1) is 0 Å². The van der Waals surface area contributed by atoms with Crippen LogP contribution in [-0.2, 0) is 19.1 Å². The second kappa shape index (κ2) is 14.6. The van der Waals surface area contributed by atoms with Crippen molar-refractivity contribution in [3.63, 3.8) is 0 Å². The van der Waals surface area contributed by atoms with Crippen molar-refractivity contribution in [1.82, 2.24) is 16.0 Å². The van der Waals surface area contributed by atoms with Crippen molar-refractivity contribution in [3.8, 4) is 0 Å². The summed E-state index contributed by atoms with van der Waals surface area (Å²) in [5.41, 5.74) is 0.958. The van der Waals surface area contributed by atoms with Gasteiger partial charge in [0, 0.05) is 31.7 Å². The van der Waals surface area contributed by atoms with Crippen LogP contribution in [0.25, 0.3) is 0 Å². The normalized spacial score (nSPS) is 13.4. The maximum atomic E-state index is 12.4. The Balaban J connectivity index is 1.75. The third-order valence-electron chi connectivity index (χ3n) is 5.29. The minimum Gasteiger partial charge on any atom is -0.469 e. The maximum absolute atomic E-state index is 12.4. The van der Waals surface area contributed by atoms with Gasteiger partial charge in [-0.3, -0.25) is 24.5 Å². The summed E-state index contributed by atoms with van der Waals surface area (Å²) in [6, 6.07) is 3.09. The van der Waals surface area contributed by atoms with Crippen molar-refractivity contribution in [3.05, 3.63) is 63.3 Å². The highest BCUT2D eigenvalue weighted by Crippen LogP contribution is 2.29. The molecule has 1 aliphatic heterocycles. The molecule has 1 aromatic carbocycles.